The zero-order valence-corrected chi connectivity index (χ0v) is 10.6. The van der Waals surface area contributed by atoms with Gasteiger partial charge in [-0.3, -0.25) is 10.1 Å². The molecule has 2 N–H and O–H groups in total. The maximum absolute atomic E-state index is 12.1. The van der Waals surface area contributed by atoms with Gasteiger partial charge in [-0.25, -0.2) is 0 Å². The molecule has 1 atom stereocenters. The lowest BCUT2D eigenvalue weighted by Crippen LogP contribution is -2.20. The highest BCUT2D eigenvalue weighted by Gasteiger charge is 2.24. The second kappa shape index (κ2) is 4.48. The van der Waals surface area contributed by atoms with Crippen LogP contribution in [0.1, 0.15) is 23.6 Å². The summed E-state index contributed by atoms with van der Waals surface area (Å²) in [6.45, 7) is 7.98. The summed E-state index contributed by atoms with van der Waals surface area (Å²) in [6.07, 6.45) is 0. The van der Waals surface area contributed by atoms with Gasteiger partial charge >= 0.3 is 0 Å². The Bertz CT molecular complexity index is 392. The molecule has 0 heterocycles. The molecule has 1 rings (SSSR count). The van der Waals surface area contributed by atoms with Gasteiger partial charge in [0.2, 0.25) is 0 Å². The fourth-order valence-corrected chi connectivity index (χ4v) is 3.55. The van der Waals surface area contributed by atoms with Gasteiger partial charge in [0.05, 0.1) is 11.9 Å². The van der Waals surface area contributed by atoms with Gasteiger partial charge in [-0.05, 0) is 38.8 Å². The molecule has 0 aliphatic heterocycles. The number of nitrogens with two attached hydrogens (primary N) is 1. The smallest absolute Gasteiger partial charge is 0.297 e. The zero-order valence-electron chi connectivity index (χ0n) is 9.70. The van der Waals surface area contributed by atoms with Crippen LogP contribution in [0.25, 0.3) is 0 Å². The van der Waals surface area contributed by atoms with Crippen LogP contribution in [-0.2, 0) is 9.09 Å². The van der Waals surface area contributed by atoms with Gasteiger partial charge in [0.25, 0.3) is 7.52 Å². The third-order valence-corrected chi connectivity index (χ3v) is 4.24. The number of hydrogen-bond donors (Lipinski definition) is 1. The molecule has 0 bridgehead atoms. The maximum Gasteiger partial charge on any atom is 0.297 e. The van der Waals surface area contributed by atoms with E-state index in [4.69, 9.17) is 10.0 Å². The van der Waals surface area contributed by atoms with E-state index in [-0.39, 0.29) is 0 Å². The lowest BCUT2D eigenvalue weighted by Gasteiger charge is -2.17. The molecule has 4 heteroatoms. The van der Waals surface area contributed by atoms with Gasteiger partial charge in [-0.2, -0.15) is 0 Å². The Labute approximate surface area is 91.1 Å². The van der Waals surface area contributed by atoms with E-state index in [9.17, 15) is 4.57 Å². The van der Waals surface area contributed by atoms with Crippen molar-refractivity contribution in [3.63, 3.8) is 0 Å². The predicted molar refractivity (Wildman–Crippen MR) is 63.7 cm³/mol. The Morgan fingerprint density at radius 3 is 2.13 bits per heavy atom. The molecule has 3 nitrogen and oxygen atoms in total. The van der Waals surface area contributed by atoms with Gasteiger partial charge in [-0.1, -0.05) is 17.7 Å². The average Bonchev–Trinajstić information content (AvgIpc) is 1.99. The van der Waals surface area contributed by atoms with Crippen LogP contribution in [0.5, 0.6) is 0 Å². The third-order valence-electron chi connectivity index (χ3n) is 2.27. The van der Waals surface area contributed by atoms with E-state index in [0.29, 0.717) is 11.9 Å². The molecule has 0 unspecified atom stereocenters. The van der Waals surface area contributed by atoms with Crippen molar-refractivity contribution in [3.05, 3.63) is 28.8 Å². The first-order valence-electron chi connectivity index (χ1n) is 5.00. The monoisotopic (exact) mass is 227 g/mol. The van der Waals surface area contributed by atoms with Crippen molar-refractivity contribution in [2.45, 2.75) is 27.7 Å². The summed E-state index contributed by atoms with van der Waals surface area (Å²) in [7, 11) is -3.14. The van der Waals surface area contributed by atoms with Crippen molar-refractivity contribution in [1.29, 1.82) is 0 Å². The second-order valence-electron chi connectivity index (χ2n) is 3.76. The van der Waals surface area contributed by atoms with Crippen LogP contribution in [0.3, 0.4) is 0 Å². The summed E-state index contributed by atoms with van der Waals surface area (Å²) in [5.41, 5.74) is 8.75. The molecule has 1 aromatic carbocycles. The first-order chi connectivity index (χ1) is 6.88. The molecule has 84 valence electrons. The van der Waals surface area contributed by atoms with Gasteiger partial charge in [-0.15, -0.1) is 0 Å². The van der Waals surface area contributed by atoms with E-state index in [2.05, 4.69) is 0 Å². The zero-order chi connectivity index (χ0) is 11.6. The SMILES string of the molecule is CCO[P@](N)(=O)c1c(C)cc(C)cc1C. The molecule has 1 aromatic rings. The lowest BCUT2D eigenvalue weighted by molar-refractivity contribution is 0.341. The average molecular weight is 227 g/mol. The highest BCUT2D eigenvalue weighted by Crippen LogP contribution is 2.38. The van der Waals surface area contributed by atoms with Crippen molar-refractivity contribution in [1.82, 2.24) is 0 Å². The predicted octanol–water partition coefficient (Wildman–Crippen LogP) is 2.43. The van der Waals surface area contributed by atoms with Crippen LogP contribution < -0.4 is 10.8 Å². The highest BCUT2D eigenvalue weighted by atomic mass is 31.2. The van der Waals surface area contributed by atoms with E-state index in [0.717, 1.165) is 16.7 Å². The Morgan fingerprint density at radius 2 is 1.73 bits per heavy atom. The molecular weight excluding hydrogens is 209 g/mol. The molecule has 0 saturated heterocycles. The van der Waals surface area contributed by atoms with Crippen LogP contribution in [0.2, 0.25) is 0 Å². The van der Waals surface area contributed by atoms with Crippen molar-refractivity contribution >= 4 is 12.8 Å². The van der Waals surface area contributed by atoms with Crippen molar-refractivity contribution in [3.8, 4) is 0 Å². The van der Waals surface area contributed by atoms with Crippen LogP contribution in [0.4, 0.5) is 0 Å². The molecule has 0 aliphatic rings. The van der Waals surface area contributed by atoms with Crippen LogP contribution in [0.15, 0.2) is 12.1 Å². The Kier molecular flexibility index (Phi) is 3.72. The first-order valence-corrected chi connectivity index (χ1v) is 6.69. The summed E-state index contributed by atoms with van der Waals surface area (Å²) < 4.78 is 17.3. The van der Waals surface area contributed by atoms with Gasteiger partial charge in [0.15, 0.2) is 0 Å². The van der Waals surface area contributed by atoms with E-state index in [1.54, 1.807) is 6.92 Å². The van der Waals surface area contributed by atoms with Crippen LogP contribution in [0, 0.1) is 20.8 Å². The van der Waals surface area contributed by atoms with Gasteiger partial charge in [0.1, 0.15) is 0 Å². The Hall–Kier alpha value is -0.630. The number of aryl methyl sites for hydroxylation is 3. The topological polar surface area (TPSA) is 52.3 Å². The molecule has 0 aromatic heterocycles. The lowest BCUT2D eigenvalue weighted by atomic mass is 10.1. The number of hydrogen-bond acceptors (Lipinski definition) is 2. The molecule has 0 saturated carbocycles. The minimum atomic E-state index is -3.14. The van der Waals surface area contributed by atoms with E-state index in [1.165, 1.54) is 0 Å². The minimum Gasteiger partial charge on any atom is -0.315 e. The molecule has 0 radical (unpaired) electrons. The number of rotatable bonds is 3. The summed E-state index contributed by atoms with van der Waals surface area (Å²) in [5.74, 6) is 0. The summed E-state index contributed by atoms with van der Waals surface area (Å²) in [4.78, 5) is 0. The molecule has 0 amide bonds. The molecule has 0 fully saturated rings. The van der Waals surface area contributed by atoms with E-state index >= 15 is 0 Å². The number of benzene rings is 1. The van der Waals surface area contributed by atoms with E-state index < -0.39 is 7.52 Å². The second-order valence-corrected chi connectivity index (χ2v) is 5.66. The van der Waals surface area contributed by atoms with E-state index in [1.807, 2.05) is 32.9 Å². The van der Waals surface area contributed by atoms with Crippen molar-refractivity contribution in [2.24, 2.45) is 5.50 Å². The van der Waals surface area contributed by atoms with Crippen molar-refractivity contribution < 1.29 is 9.09 Å². The summed E-state index contributed by atoms with van der Waals surface area (Å²) in [5, 5.41) is 0.662. The fourth-order valence-electron chi connectivity index (χ4n) is 1.92. The molecule has 0 aliphatic carbocycles. The van der Waals surface area contributed by atoms with Gasteiger partial charge < -0.3 is 4.52 Å². The third kappa shape index (κ3) is 2.69. The van der Waals surface area contributed by atoms with Crippen molar-refractivity contribution in [2.75, 3.05) is 6.61 Å². The normalized spacial score (nSPS) is 15.0. The fraction of sp³-hybridized carbons (Fsp3) is 0.455. The maximum atomic E-state index is 12.1. The Morgan fingerprint density at radius 1 is 1.27 bits per heavy atom. The quantitative estimate of drug-likeness (QED) is 0.807. The first kappa shape index (κ1) is 12.4. The van der Waals surface area contributed by atoms with Crippen LogP contribution in [-0.4, -0.2) is 6.61 Å². The molecular formula is C11H18NO2P. The molecule has 0 spiro atoms. The largest absolute Gasteiger partial charge is 0.315 e. The van der Waals surface area contributed by atoms with Crippen LogP contribution >= 0.6 is 7.52 Å². The standard InChI is InChI=1S/C11H18NO2P/c1-5-14-15(12,13)11-9(3)6-8(2)7-10(11)4/h6-7H,5H2,1-4H3,(H2,12,13)/t15-/m1/s1. The Balaban J connectivity index is 3.31. The molecule has 15 heavy (non-hydrogen) atoms. The summed E-state index contributed by atoms with van der Waals surface area (Å²) >= 11 is 0. The summed E-state index contributed by atoms with van der Waals surface area (Å²) in [6, 6.07) is 3.95. The minimum absolute atomic E-state index is 0.362. The van der Waals surface area contributed by atoms with Gasteiger partial charge in [0, 0.05) is 0 Å². The highest BCUT2D eigenvalue weighted by molar-refractivity contribution is 7.64.